The van der Waals surface area contributed by atoms with Crippen molar-refractivity contribution in [1.82, 2.24) is 0 Å². The van der Waals surface area contributed by atoms with Crippen LogP contribution in [-0.2, 0) is 9.53 Å². The molecule has 0 unspecified atom stereocenters. The minimum absolute atomic E-state index is 0.349. The van der Waals surface area contributed by atoms with E-state index in [1.807, 2.05) is 37.3 Å². The number of rotatable bonds is 5. The largest absolute Gasteiger partial charge is 0.463 e. The molecule has 0 saturated carbocycles. The summed E-state index contributed by atoms with van der Waals surface area (Å²) in [6, 6.07) is 9.48. The molecule has 0 aliphatic rings. The number of benzene rings is 1. The molecule has 0 fully saturated rings. The van der Waals surface area contributed by atoms with Gasteiger partial charge in [-0.25, -0.2) is 4.79 Å². The lowest BCUT2D eigenvalue weighted by Crippen LogP contribution is -2.00. The summed E-state index contributed by atoms with van der Waals surface area (Å²) in [5, 5.41) is 0. The summed E-state index contributed by atoms with van der Waals surface area (Å²) >= 11 is 0. The number of hydrogen-bond donors (Lipinski definition) is 0. The van der Waals surface area contributed by atoms with Crippen molar-refractivity contribution >= 4 is 17.9 Å². The number of hydrogen-bond acceptors (Lipinski definition) is 3. The first-order valence-electron chi connectivity index (χ1n) is 5.77. The predicted molar refractivity (Wildman–Crippen MR) is 74.4 cm³/mol. The third-order valence-electron chi connectivity index (χ3n) is 2.03. The summed E-state index contributed by atoms with van der Waals surface area (Å²) in [4.78, 5) is 15.7. The van der Waals surface area contributed by atoms with Gasteiger partial charge in [-0.1, -0.05) is 36.9 Å². The van der Waals surface area contributed by atoms with Crippen LogP contribution in [0.25, 0.3) is 5.70 Å². The normalized spacial score (nSPS) is 11.6. The van der Waals surface area contributed by atoms with Gasteiger partial charge in [0.1, 0.15) is 0 Å². The van der Waals surface area contributed by atoms with E-state index in [-0.39, 0.29) is 0 Å². The van der Waals surface area contributed by atoms with Crippen molar-refractivity contribution in [2.75, 3.05) is 6.61 Å². The molecule has 18 heavy (non-hydrogen) atoms. The van der Waals surface area contributed by atoms with Crippen LogP contribution in [0.2, 0.25) is 0 Å². The zero-order valence-corrected chi connectivity index (χ0v) is 10.7. The molecule has 0 N–H and O–H groups in total. The van der Waals surface area contributed by atoms with Crippen LogP contribution in [0.15, 0.2) is 53.6 Å². The Bertz CT molecular complexity index is 473. The molecule has 1 rings (SSSR count). The first-order chi connectivity index (χ1) is 8.63. The number of carbonyl (C=O) groups is 1. The highest BCUT2D eigenvalue weighted by Crippen LogP contribution is 2.15. The topological polar surface area (TPSA) is 38.7 Å². The van der Waals surface area contributed by atoms with E-state index in [9.17, 15) is 4.79 Å². The number of esters is 1. The maximum absolute atomic E-state index is 11.5. The molecule has 0 radical (unpaired) electrons. The average Bonchev–Trinajstić information content (AvgIpc) is 2.35. The van der Waals surface area contributed by atoms with Gasteiger partial charge in [0, 0.05) is 17.9 Å². The van der Waals surface area contributed by atoms with Crippen molar-refractivity contribution in [3.63, 3.8) is 0 Å². The Morgan fingerprint density at radius 3 is 2.61 bits per heavy atom. The van der Waals surface area contributed by atoms with Crippen molar-refractivity contribution in [2.24, 2.45) is 4.99 Å². The number of carbonyl (C=O) groups excluding carboxylic acids is 1. The fourth-order valence-electron chi connectivity index (χ4n) is 1.28. The predicted octanol–water partition coefficient (Wildman–Crippen LogP) is 3.24. The summed E-state index contributed by atoms with van der Waals surface area (Å²) in [5.74, 6) is -0.393. The molecule has 1 aromatic rings. The third kappa shape index (κ3) is 4.78. The molecule has 0 aliphatic carbocycles. The SMILES string of the molecule is C=C(C)C=N/C(=C/C(=O)OCC)c1ccccc1. The molecule has 94 valence electrons. The van der Waals surface area contributed by atoms with E-state index in [0.29, 0.717) is 12.3 Å². The van der Waals surface area contributed by atoms with Gasteiger partial charge in [0.25, 0.3) is 0 Å². The lowest BCUT2D eigenvalue weighted by Gasteiger charge is -2.02. The molecule has 1 aromatic carbocycles. The number of allylic oxidation sites excluding steroid dienone is 1. The molecule has 0 aliphatic heterocycles. The molecule has 0 saturated heterocycles. The van der Waals surface area contributed by atoms with Crippen LogP contribution >= 0.6 is 0 Å². The second-order valence-corrected chi connectivity index (χ2v) is 3.75. The monoisotopic (exact) mass is 243 g/mol. The summed E-state index contributed by atoms with van der Waals surface area (Å²) in [7, 11) is 0. The Kier molecular flexibility index (Phi) is 5.58. The Hall–Kier alpha value is -2.16. The molecular weight excluding hydrogens is 226 g/mol. The second-order valence-electron chi connectivity index (χ2n) is 3.75. The molecule has 0 amide bonds. The van der Waals surface area contributed by atoms with Crippen LogP contribution in [0.3, 0.4) is 0 Å². The molecule has 3 nitrogen and oxygen atoms in total. The van der Waals surface area contributed by atoms with Gasteiger partial charge in [-0.05, 0) is 19.4 Å². The van der Waals surface area contributed by atoms with Crippen LogP contribution < -0.4 is 0 Å². The minimum atomic E-state index is -0.393. The Morgan fingerprint density at radius 2 is 2.06 bits per heavy atom. The van der Waals surface area contributed by atoms with Gasteiger partial charge in [0.2, 0.25) is 0 Å². The number of aliphatic imine (C=N–C) groups is 1. The van der Waals surface area contributed by atoms with E-state index in [1.54, 1.807) is 13.1 Å². The Labute approximate surface area is 108 Å². The van der Waals surface area contributed by atoms with E-state index < -0.39 is 5.97 Å². The van der Waals surface area contributed by atoms with Crippen molar-refractivity contribution in [1.29, 1.82) is 0 Å². The van der Waals surface area contributed by atoms with Gasteiger partial charge in [-0.3, -0.25) is 4.99 Å². The molecule has 0 atom stereocenters. The summed E-state index contributed by atoms with van der Waals surface area (Å²) in [5.41, 5.74) is 2.25. The van der Waals surface area contributed by atoms with Gasteiger partial charge in [-0.2, -0.15) is 0 Å². The Morgan fingerprint density at radius 1 is 1.39 bits per heavy atom. The van der Waals surface area contributed by atoms with Crippen molar-refractivity contribution in [2.45, 2.75) is 13.8 Å². The fourth-order valence-corrected chi connectivity index (χ4v) is 1.28. The molecule has 0 aromatic heterocycles. The maximum Gasteiger partial charge on any atom is 0.332 e. The van der Waals surface area contributed by atoms with Crippen molar-refractivity contribution in [3.8, 4) is 0 Å². The average molecular weight is 243 g/mol. The van der Waals surface area contributed by atoms with Crippen molar-refractivity contribution in [3.05, 3.63) is 54.1 Å². The number of nitrogens with zero attached hydrogens (tertiary/aromatic N) is 1. The van der Waals surface area contributed by atoms with Gasteiger partial charge >= 0.3 is 5.97 Å². The van der Waals surface area contributed by atoms with Crippen molar-refractivity contribution < 1.29 is 9.53 Å². The van der Waals surface area contributed by atoms with E-state index in [1.165, 1.54) is 6.08 Å². The molecule has 0 heterocycles. The van der Waals surface area contributed by atoms with E-state index in [0.717, 1.165) is 11.1 Å². The van der Waals surface area contributed by atoms with Crippen LogP contribution in [-0.4, -0.2) is 18.8 Å². The lowest BCUT2D eigenvalue weighted by molar-refractivity contribution is -0.137. The highest BCUT2D eigenvalue weighted by molar-refractivity contribution is 5.94. The Balaban J connectivity index is 3.03. The van der Waals surface area contributed by atoms with Gasteiger partial charge < -0.3 is 4.74 Å². The zero-order valence-electron chi connectivity index (χ0n) is 10.7. The highest BCUT2D eigenvalue weighted by atomic mass is 16.5. The minimum Gasteiger partial charge on any atom is -0.463 e. The highest BCUT2D eigenvalue weighted by Gasteiger charge is 2.03. The van der Waals surface area contributed by atoms with Crippen LogP contribution in [0, 0.1) is 0 Å². The van der Waals surface area contributed by atoms with E-state index in [4.69, 9.17) is 4.74 Å². The molecule has 3 heteroatoms. The van der Waals surface area contributed by atoms with E-state index >= 15 is 0 Å². The van der Waals surface area contributed by atoms with Crippen LogP contribution in [0.4, 0.5) is 0 Å². The molecular formula is C15H17NO2. The smallest absolute Gasteiger partial charge is 0.332 e. The van der Waals surface area contributed by atoms with Gasteiger partial charge in [-0.15, -0.1) is 0 Å². The fraction of sp³-hybridized carbons (Fsp3) is 0.200. The first-order valence-corrected chi connectivity index (χ1v) is 5.77. The maximum atomic E-state index is 11.5. The van der Waals surface area contributed by atoms with Crippen LogP contribution in [0.5, 0.6) is 0 Å². The third-order valence-corrected chi connectivity index (χ3v) is 2.03. The summed E-state index contributed by atoms with van der Waals surface area (Å²) < 4.78 is 4.89. The summed E-state index contributed by atoms with van der Waals surface area (Å²) in [6.07, 6.45) is 3.01. The zero-order chi connectivity index (χ0) is 13.4. The van der Waals surface area contributed by atoms with E-state index in [2.05, 4.69) is 11.6 Å². The quantitative estimate of drug-likeness (QED) is 0.452. The first kappa shape index (κ1) is 13.9. The second kappa shape index (κ2) is 7.22. The van der Waals surface area contributed by atoms with Gasteiger partial charge in [0.05, 0.1) is 12.3 Å². The van der Waals surface area contributed by atoms with Gasteiger partial charge in [0.15, 0.2) is 0 Å². The molecule has 0 bridgehead atoms. The molecule has 0 spiro atoms. The number of ether oxygens (including phenoxy) is 1. The standard InChI is InChI=1S/C15H17NO2/c1-4-18-15(17)10-14(16-11-12(2)3)13-8-6-5-7-9-13/h5-11H,2,4H2,1,3H3/b14-10+,16-11?. The van der Waals surface area contributed by atoms with Crippen LogP contribution in [0.1, 0.15) is 19.4 Å². The summed E-state index contributed by atoms with van der Waals surface area (Å²) in [6.45, 7) is 7.71. The lowest BCUT2D eigenvalue weighted by atomic mass is 10.1.